The van der Waals surface area contributed by atoms with Crippen LogP contribution in [0.2, 0.25) is 5.02 Å². The molecule has 0 aliphatic rings. The summed E-state index contributed by atoms with van der Waals surface area (Å²) in [5.74, 6) is -5.34. The first kappa shape index (κ1) is 25.3. The van der Waals surface area contributed by atoms with Gasteiger partial charge >= 0.3 is 12.1 Å². The number of aromatic carboxylic acids is 1. The van der Waals surface area contributed by atoms with Gasteiger partial charge in [-0.2, -0.15) is 13.2 Å². The summed E-state index contributed by atoms with van der Waals surface area (Å²) >= 11 is 6.30. The Morgan fingerprint density at radius 2 is 1.74 bits per heavy atom. The van der Waals surface area contributed by atoms with Crippen LogP contribution in [0, 0.1) is 12.7 Å². The Balaban J connectivity index is 1.94. The molecule has 0 aliphatic carbocycles. The number of hydrogen-bond acceptors (Lipinski definition) is 3. The van der Waals surface area contributed by atoms with E-state index >= 15 is 0 Å². The molecule has 2 aromatic carbocycles. The molecule has 2 unspecified atom stereocenters. The van der Waals surface area contributed by atoms with Crippen molar-refractivity contribution >= 4 is 17.6 Å². The molecular formula is C24H20ClF4NO4. The van der Waals surface area contributed by atoms with E-state index in [4.69, 9.17) is 21.4 Å². The lowest BCUT2D eigenvalue weighted by Crippen LogP contribution is -2.29. The Hall–Kier alpha value is -3.33. The summed E-state index contributed by atoms with van der Waals surface area (Å²) in [6, 6.07) is 8.48. The van der Waals surface area contributed by atoms with Gasteiger partial charge in [0.05, 0.1) is 11.5 Å². The number of halogens is 5. The van der Waals surface area contributed by atoms with Crippen molar-refractivity contribution in [3.63, 3.8) is 0 Å². The fourth-order valence-corrected chi connectivity index (χ4v) is 4.17. The van der Waals surface area contributed by atoms with Gasteiger partial charge in [-0.25, -0.2) is 9.18 Å². The molecule has 10 heteroatoms. The Labute approximate surface area is 197 Å². The SMILES string of the molecule is Cc1cc(C(C(C)c2ccc(Oc3ccc(C(=O)O)c(F)c3)cc2Cl)C(F)(F)F)cn(C)c1=O. The van der Waals surface area contributed by atoms with E-state index in [1.54, 1.807) is 0 Å². The maximum atomic E-state index is 14.1. The number of aromatic nitrogens is 1. The zero-order valence-corrected chi connectivity index (χ0v) is 19.0. The third-order valence-electron chi connectivity index (χ3n) is 5.46. The average Bonchev–Trinajstić information content (AvgIpc) is 2.70. The highest BCUT2D eigenvalue weighted by atomic mass is 35.5. The standard InChI is InChI=1S/C24H20ClF4NO4/c1-12-8-14(11-30(3)22(12)31)21(24(27,28)29)13(2)17-6-4-15(9-19(17)25)34-16-5-7-18(23(32)33)20(26)10-16/h4-11,13,21H,1-3H3,(H,32,33). The maximum absolute atomic E-state index is 14.1. The Bertz CT molecular complexity index is 1280. The third-order valence-corrected chi connectivity index (χ3v) is 5.79. The van der Waals surface area contributed by atoms with Gasteiger partial charge in [-0.05, 0) is 54.3 Å². The van der Waals surface area contributed by atoms with Crippen LogP contribution in [-0.4, -0.2) is 21.8 Å². The number of carboxylic acids is 1. The second-order valence-electron chi connectivity index (χ2n) is 7.91. The molecular weight excluding hydrogens is 478 g/mol. The number of aryl methyl sites for hydroxylation is 2. The topological polar surface area (TPSA) is 68.5 Å². The first-order valence-electron chi connectivity index (χ1n) is 10.0. The molecule has 180 valence electrons. The first-order valence-corrected chi connectivity index (χ1v) is 10.4. The molecule has 0 aliphatic heterocycles. The number of benzene rings is 2. The number of ether oxygens (including phenoxy) is 1. The molecule has 1 heterocycles. The van der Waals surface area contributed by atoms with Gasteiger partial charge in [0.25, 0.3) is 5.56 Å². The summed E-state index contributed by atoms with van der Waals surface area (Å²) in [7, 11) is 1.39. The Morgan fingerprint density at radius 3 is 2.26 bits per heavy atom. The number of alkyl halides is 3. The second kappa shape index (κ2) is 9.50. The van der Waals surface area contributed by atoms with E-state index < -0.39 is 35.4 Å². The zero-order chi connectivity index (χ0) is 25.4. The third kappa shape index (κ3) is 5.25. The predicted octanol–water partition coefficient (Wildman–Crippen LogP) is 6.43. The molecule has 0 saturated carbocycles. The molecule has 1 aromatic heterocycles. The fourth-order valence-electron chi connectivity index (χ4n) is 3.83. The van der Waals surface area contributed by atoms with Crippen LogP contribution in [0.1, 0.15) is 45.8 Å². The fraction of sp³-hybridized carbons (Fsp3) is 0.250. The number of pyridine rings is 1. The minimum atomic E-state index is -4.62. The smallest absolute Gasteiger partial charge is 0.396 e. The predicted molar refractivity (Wildman–Crippen MR) is 119 cm³/mol. The highest BCUT2D eigenvalue weighted by molar-refractivity contribution is 6.31. The molecule has 2 atom stereocenters. The van der Waals surface area contributed by atoms with Crippen LogP contribution in [0.25, 0.3) is 0 Å². The molecule has 3 rings (SSSR count). The Kier molecular flexibility index (Phi) is 7.07. The lowest BCUT2D eigenvalue weighted by molar-refractivity contribution is -0.154. The minimum Gasteiger partial charge on any atom is -0.478 e. The van der Waals surface area contributed by atoms with Gasteiger partial charge < -0.3 is 14.4 Å². The summed E-state index contributed by atoms with van der Waals surface area (Å²) in [5.41, 5.74) is -0.580. The highest BCUT2D eigenvalue weighted by Gasteiger charge is 2.45. The van der Waals surface area contributed by atoms with Gasteiger partial charge in [-0.1, -0.05) is 24.6 Å². The van der Waals surface area contributed by atoms with Crippen molar-refractivity contribution in [3.8, 4) is 11.5 Å². The highest BCUT2D eigenvalue weighted by Crippen LogP contribution is 2.46. The van der Waals surface area contributed by atoms with Crippen LogP contribution >= 0.6 is 11.6 Å². The van der Waals surface area contributed by atoms with E-state index in [1.165, 1.54) is 57.4 Å². The van der Waals surface area contributed by atoms with Crippen molar-refractivity contribution in [2.24, 2.45) is 7.05 Å². The number of nitrogens with zero attached hydrogens (tertiary/aromatic N) is 1. The molecule has 0 spiro atoms. The summed E-state index contributed by atoms with van der Waals surface area (Å²) in [4.78, 5) is 22.9. The molecule has 34 heavy (non-hydrogen) atoms. The van der Waals surface area contributed by atoms with E-state index in [9.17, 15) is 27.2 Å². The molecule has 0 fully saturated rings. The van der Waals surface area contributed by atoms with Crippen LogP contribution in [0.4, 0.5) is 17.6 Å². The van der Waals surface area contributed by atoms with Crippen molar-refractivity contribution < 1.29 is 32.2 Å². The lowest BCUT2D eigenvalue weighted by Gasteiger charge is -2.28. The maximum Gasteiger partial charge on any atom is 0.396 e. The molecule has 3 aromatic rings. The van der Waals surface area contributed by atoms with Crippen molar-refractivity contribution in [2.75, 3.05) is 0 Å². The van der Waals surface area contributed by atoms with Crippen LogP contribution in [0.5, 0.6) is 11.5 Å². The normalized spacial score (nSPS) is 13.4. The van der Waals surface area contributed by atoms with Gasteiger partial charge in [0.2, 0.25) is 0 Å². The van der Waals surface area contributed by atoms with Crippen molar-refractivity contribution in [1.29, 1.82) is 0 Å². The average molecular weight is 498 g/mol. The van der Waals surface area contributed by atoms with Gasteiger partial charge in [0, 0.05) is 29.9 Å². The number of carboxylic acid groups (broad SMARTS) is 1. The molecule has 0 radical (unpaired) electrons. The number of carbonyl (C=O) groups is 1. The second-order valence-corrected chi connectivity index (χ2v) is 8.32. The summed E-state index contributed by atoms with van der Waals surface area (Å²) in [6.07, 6.45) is -3.45. The monoisotopic (exact) mass is 497 g/mol. The molecule has 5 nitrogen and oxygen atoms in total. The number of hydrogen-bond donors (Lipinski definition) is 1. The summed E-state index contributed by atoms with van der Waals surface area (Å²) in [5, 5.41) is 8.90. The van der Waals surface area contributed by atoms with E-state index in [0.717, 1.165) is 16.7 Å². The Morgan fingerprint density at radius 1 is 1.12 bits per heavy atom. The van der Waals surface area contributed by atoms with Gasteiger partial charge in [0.15, 0.2) is 0 Å². The largest absolute Gasteiger partial charge is 0.478 e. The summed E-state index contributed by atoms with van der Waals surface area (Å²) in [6.45, 7) is 2.84. The summed E-state index contributed by atoms with van der Waals surface area (Å²) < 4.78 is 62.8. The molecule has 0 bridgehead atoms. The van der Waals surface area contributed by atoms with Crippen molar-refractivity contribution in [3.05, 3.63) is 92.1 Å². The zero-order valence-electron chi connectivity index (χ0n) is 18.3. The van der Waals surface area contributed by atoms with Crippen LogP contribution in [0.15, 0.2) is 53.5 Å². The molecule has 0 saturated heterocycles. The van der Waals surface area contributed by atoms with Crippen LogP contribution in [-0.2, 0) is 7.05 Å². The van der Waals surface area contributed by atoms with E-state index in [-0.39, 0.29) is 38.8 Å². The van der Waals surface area contributed by atoms with E-state index in [1.807, 2.05) is 0 Å². The molecule has 1 N–H and O–H groups in total. The van der Waals surface area contributed by atoms with Gasteiger partial charge in [-0.3, -0.25) is 4.79 Å². The van der Waals surface area contributed by atoms with E-state index in [0.29, 0.717) is 0 Å². The minimum absolute atomic E-state index is 0.00317. The van der Waals surface area contributed by atoms with Crippen molar-refractivity contribution in [2.45, 2.75) is 31.9 Å². The van der Waals surface area contributed by atoms with Gasteiger partial charge in [0.1, 0.15) is 17.3 Å². The van der Waals surface area contributed by atoms with Gasteiger partial charge in [-0.15, -0.1) is 0 Å². The van der Waals surface area contributed by atoms with Crippen molar-refractivity contribution in [1.82, 2.24) is 4.57 Å². The van der Waals surface area contributed by atoms with E-state index in [2.05, 4.69) is 0 Å². The number of rotatable bonds is 6. The van der Waals surface area contributed by atoms with Crippen LogP contribution < -0.4 is 10.3 Å². The molecule has 0 amide bonds. The van der Waals surface area contributed by atoms with Crippen LogP contribution in [0.3, 0.4) is 0 Å². The first-order chi connectivity index (χ1) is 15.8. The quantitative estimate of drug-likeness (QED) is 0.399. The lowest BCUT2D eigenvalue weighted by atomic mass is 9.82.